The first kappa shape index (κ1) is 13.0. The van der Waals surface area contributed by atoms with Gasteiger partial charge in [0.25, 0.3) is 5.91 Å². The van der Waals surface area contributed by atoms with Crippen LogP contribution in [0.4, 0.5) is 0 Å². The average Bonchev–Trinajstić information content (AvgIpc) is 2.79. The fourth-order valence-corrected chi connectivity index (χ4v) is 1.74. The van der Waals surface area contributed by atoms with E-state index >= 15 is 0 Å². The van der Waals surface area contributed by atoms with Gasteiger partial charge < -0.3 is 10.6 Å². The van der Waals surface area contributed by atoms with Gasteiger partial charge in [-0.3, -0.25) is 9.89 Å². The SMILES string of the molecule is Cc1[nH]nc(C(=O)NC2CCNC2)c1C.Cl. The molecule has 0 radical (unpaired) electrons. The van der Waals surface area contributed by atoms with Gasteiger partial charge in [0, 0.05) is 23.8 Å². The van der Waals surface area contributed by atoms with Gasteiger partial charge in [0.1, 0.15) is 0 Å². The molecule has 1 unspecified atom stereocenters. The first-order chi connectivity index (χ1) is 7.18. The topological polar surface area (TPSA) is 69.8 Å². The van der Waals surface area contributed by atoms with E-state index in [0.29, 0.717) is 5.69 Å². The van der Waals surface area contributed by atoms with E-state index in [9.17, 15) is 4.79 Å². The number of hydrogen-bond acceptors (Lipinski definition) is 3. The number of hydrogen-bond donors (Lipinski definition) is 3. The lowest BCUT2D eigenvalue weighted by atomic mass is 10.2. The Morgan fingerprint density at radius 2 is 2.25 bits per heavy atom. The molecule has 3 N–H and O–H groups in total. The molecule has 90 valence electrons. The normalized spacial score (nSPS) is 19.2. The number of H-pyrrole nitrogens is 1. The highest BCUT2D eigenvalue weighted by molar-refractivity contribution is 5.94. The molecule has 1 saturated heterocycles. The predicted octanol–water partition coefficient (Wildman–Crippen LogP) is 0.540. The summed E-state index contributed by atoms with van der Waals surface area (Å²) >= 11 is 0. The van der Waals surface area contributed by atoms with Crippen molar-refractivity contribution >= 4 is 18.3 Å². The Kier molecular flexibility index (Phi) is 4.32. The standard InChI is InChI=1S/C10H16N4O.ClH/c1-6-7(2)13-14-9(6)10(15)12-8-3-4-11-5-8;/h8,11H,3-5H2,1-2H3,(H,12,15)(H,13,14);1H. The monoisotopic (exact) mass is 244 g/mol. The van der Waals surface area contributed by atoms with Crippen molar-refractivity contribution in [2.45, 2.75) is 26.3 Å². The van der Waals surface area contributed by atoms with Crippen molar-refractivity contribution < 1.29 is 4.79 Å². The summed E-state index contributed by atoms with van der Waals surface area (Å²) in [5.41, 5.74) is 2.39. The molecule has 6 heteroatoms. The van der Waals surface area contributed by atoms with E-state index in [1.807, 2.05) is 13.8 Å². The van der Waals surface area contributed by atoms with E-state index < -0.39 is 0 Å². The van der Waals surface area contributed by atoms with E-state index in [4.69, 9.17) is 0 Å². The van der Waals surface area contributed by atoms with E-state index in [2.05, 4.69) is 20.8 Å². The third-order valence-corrected chi connectivity index (χ3v) is 2.86. The Labute approximate surface area is 101 Å². The molecule has 0 bridgehead atoms. The van der Waals surface area contributed by atoms with Crippen LogP contribution in [0.1, 0.15) is 28.2 Å². The number of aromatic nitrogens is 2. The van der Waals surface area contributed by atoms with Gasteiger partial charge in [-0.05, 0) is 26.8 Å². The van der Waals surface area contributed by atoms with Crippen molar-refractivity contribution in [1.82, 2.24) is 20.8 Å². The number of rotatable bonds is 2. The highest BCUT2D eigenvalue weighted by Gasteiger charge is 2.20. The predicted molar refractivity (Wildman–Crippen MR) is 64.1 cm³/mol. The van der Waals surface area contributed by atoms with E-state index in [1.54, 1.807) is 0 Å². The maximum atomic E-state index is 11.8. The van der Waals surface area contributed by atoms with Crippen LogP contribution in [0.2, 0.25) is 0 Å². The second-order valence-electron chi connectivity index (χ2n) is 3.99. The summed E-state index contributed by atoms with van der Waals surface area (Å²) in [7, 11) is 0. The van der Waals surface area contributed by atoms with Crippen molar-refractivity contribution in [3.8, 4) is 0 Å². The van der Waals surface area contributed by atoms with E-state index in [0.717, 1.165) is 30.8 Å². The number of aromatic amines is 1. The van der Waals surface area contributed by atoms with Gasteiger partial charge in [-0.15, -0.1) is 12.4 Å². The van der Waals surface area contributed by atoms with Crippen LogP contribution in [-0.2, 0) is 0 Å². The van der Waals surface area contributed by atoms with Gasteiger partial charge >= 0.3 is 0 Å². The van der Waals surface area contributed by atoms with Crippen molar-refractivity contribution in [2.24, 2.45) is 0 Å². The summed E-state index contributed by atoms with van der Waals surface area (Å²) in [6.07, 6.45) is 0.994. The molecule has 1 atom stereocenters. The molecular formula is C10H17ClN4O. The maximum Gasteiger partial charge on any atom is 0.272 e. The number of amides is 1. The van der Waals surface area contributed by atoms with Crippen LogP contribution in [0, 0.1) is 13.8 Å². The smallest absolute Gasteiger partial charge is 0.272 e. The van der Waals surface area contributed by atoms with Gasteiger partial charge in [0.2, 0.25) is 0 Å². The fourth-order valence-electron chi connectivity index (χ4n) is 1.74. The van der Waals surface area contributed by atoms with E-state index in [-0.39, 0.29) is 24.4 Å². The third-order valence-electron chi connectivity index (χ3n) is 2.86. The molecule has 1 aromatic heterocycles. The minimum Gasteiger partial charge on any atom is -0.347 e. The summed E-state index contributed by atoms with van der Waals surface area (Å²) in [4.78, 5) is 11.8. The van der Waals surface area contributed by atoms with Gasteiger partial charge in [-0.1, -0.05) is 0 Å². The summed E-state index contributed by atoms with van der Waals surface area (Å²) in [5, 5.41) is 13.0. The molecule has 2 rings (SSSR count). The van der Waals surface area contributed by atoms with Gasteiger partial charge in [0.15, 0.2) is 5.69 Å². The van der Waals surface area contributed by atoms with Gasteiger partial charge in [-0.2, -0.15) is 5.10 Å². The molecular weight excluding hydrogens is 228 g/mol. The molecule has 1 aliphatic heterocycles. The lowest BCUT2D eigenvalue weighted by Gasteiger charge is -2.09. The molecule has 0 saturated carbocycles. The number of nitrogens with zero attached hydrogens (tertiary/aromatic N) is 1. The first-order valence-corrected chi connectivity index (χ1v) is 5.21. The highest BCUT2D eigenvalue weighted by atomic mass is 35.5. The molecule has 0 aliphatic carbocycles. The Morgan fingerprint density at radius 1 is 1.50 bits per heavy atom. The molecule has 16 heavy (non-hydrogen) atoms. The molecule has 2 heterocycles. The minimum absolute atomic E-state index is 0. The summed E-state index contributed by atoms with van der Waals surface area (Å²) < 4.78 is 0. The zero-order chi connectivity index (χ0) is 10.8. The largest absolute Gasteiger partial charge is 0.347 e. The second kappa shape index (κ2) is 5.32. The second-order valence-corrected chi connectivity index (χ2v) is 3.99. The lowest BCUT2D eigenvalue weighted by molar-refractivity contribution is 0.0934. The molecule has 1 fully saturated rings. The van der Waals surface area contributed by atoms with E-state index in [1.165, 1.54) is 0 Å². The first-order valence-electron chi connectivity index (χ1n) is 5.21. The van der Waals surface area contributed by atoms with Crippen LogP contribution in [-0.4, -0.2) is 35.2 Å². The van der Waals surface area contributed by atoms with Gasteiger partial charge in [0.05, 0.1) is 0 Å². The Balaban J connectivity index is 0.00000128. The van der Waals surface area contributed by atoms with Crippen LogP contribution >= 0.6 is 12.4 Å². The number of halogens is 1. The summed E-state index contributed by atoms with van der Waals surface area (Å²) in [6, 6.07) is 0.244. The number of carbonyl (C=O) groups excluding carboxylic acids is 1. The number of carbonyl (C=O) groups is 1. The fraction of sp³-hybridized carbons (Fsp3) is 0.600. The summed E-state index contributed by atoms with van der Waals surface area (Å²) in [6.45, 7) is 5.65. The maximum absolute atomic E-state index is 11.8. The zero-order valence-corrected chi connectivity index (χ0v) is 10.3. The van der Waals surface area contributed by atoms with Crippen LogP contribution in [0.25, 0.3) is 0 Å². The Hall–Kier alpha value is -1.07. The number of nitrogens with one attached hydrogen (secondary N) is 3. The molecule has 0 spiro atoms. The molecule has 1 amide bonds. The van der Waals surface area contributed by atoms with Crippen LogP contribution in [0.3, 0.4) is 0 Å². The van der Waals surface area contributed by atoms with Crippen LogP contribution in [0.15, 0.2) is 0 Å². The van der Waals surface area contributed by atoms with Crippen molar-refractivity contribution in [3.63, 3.8) is 0 Å². The average molecular weight is 245 g/mol. The zero-order valence-electron chi connectivity index (χ0n) is 9.46. The summed E-state index contributed by atoms with van der Waals surface area (Å²) in [5.74, 6) is -0.0782. The van der Waals surface area contributed by atoms with Crippen LogP contribution in [0.5, 0.6) is 0 Å². The van der Waals surface area contributed by atoms with Crippen LogP contribution < -0.4 is 10.6 Å². The van der Waals surface area contributed by atoms with Crippen molar-refractivity contribution in [3.05, 3.63) is 17.0 Å². The third kappa shape index (κ3) is 2.54. The Morgan fingerprint density at radius 3 is 2.75 bits per heavy atom. The lowest BCUT2D eigenvalue weighted by Crippen LogP contribution is -2.36. The quantitative estimate of drug-likeness (QED) is 0.711. The molecule has 1 aliphatic rings. The minimum atomic E-state index is -0.0782. The van der Waals surface area contributed by atoms with Crippen molar-refractivity contribution in [1.29, 1.82) is 0 Å². The molecule has 0 aromatic carbocycles. The molecule has 5 nitrogen and oxygen atoms in total. The van der Waals surface area contributed by atoms with Crippen molar-refractivity contribution in [2.75, 3.05) is 13.1 Å². The highest BCUT2D eigenvalue weighted by Crippen LogP contribution is 2.09. The van der Waals surface area contributed by atoms with Gasteiger partial charge in [-0.25, -0.2) is 0 Å². The number of aryl methyl sites for hydroxylation is 1. The Bertz CT molecular complexity index is 371. The molecule has 1 aromatic rings.